The molecule has 5 nitrogen and oxygen atoms in total. The van der Waals surface area contributed by atoms with Crippen LogP contribution in [0.5, 0.6) is 5.75 Å². The molecule has 19 heavy (non-hydrogen) atoms. The van der Waals surface area contributed by atoms with Crippen molar-refractivity contribution in [2.75, 3.05) is 32.2 Å². The molecular weight excluding hydrogens is 244 g/mol. The Morgan fingerprint density at radius 2 is 2.16 bits per heavy atom. The minimum absolute atomic E-state index is 0.237. The number of amides is 2. The summed E-state index contributed by atoms with van der Waals surface area (Å²) in [6, 6.07) is 5.39. The van der Waals surface area contributed by atoms with Gasteiger partial charge in [0.25, 0.3) is 0 Å². The van der Waals surface area contributed by atoms with Crippen molar-refractivity contribution in [3.8, 4) is 5.75 Å². The van der Waals surface area contributed by atoms with E-state index in [0.717, 1.165) is 12.0 Å². The van der Waals surface area contributed by atoms with Gasteiger partial charge < -0.3 is 20.1 Å². The van der Waals surface area contributed by atoms with Crippen LogP contribution in [-0.4, -0.2) is 32.9 Å². The zero-order chi connectivity index (χ0) is 14.1. The number of anilines is 1. The van der Waals surface area contributed by atoms with E-state index in [4.69, 9.17) is 9.47 Å². The molecule has 0 fully saturated rings. The number of nitrogens with one attached hydrogen (secondary N) is 2. The Morgan fingerprint density at radius 3 is 2.84 bits per heavy atom. The van der Waals surface area contributed by atoms with E-state index in [1.54, 1.807) is 7.11 Å². The zero-order valence-electron chi connectivity index (χ0n) is 11.8. The lowest BCUT2D eigenvalue weighted by molar-refractivity contribution is 0.145. The number of benzene rings is 1. The van der Waals surface area contributed by atoms with E-state index in [9.17, 15) is 4.79 Å². The minimum Gasteiger partial charge on any atom is -0.495 e. The average Bonchev–Trinajstić information content (AvgIpc) is 2.40. The van der Waals surface area contributed by atoms with Crippen molar-refractivity contribution in [2.24, 2.45) is 0 Å². The Kier molecular flexibility index (Phi) is 6.74. The van der Waals surface area contributed by atoms with Crippen LogP contribution in [0.3, 0.4) is 0 Å². The Morgan fingerprint density at radius 1 is 1.37 bits per heavy atom. The molecule has 0 aromatic heterocycles. The van der Waals surface area contributed by atoms with Crippen molar-refractivity contribution in [3.05, 3.63) is 23.8 Å². The maximum atomic E-state index is 11.7. The van der Waals surface area contributed by atoms with Gasteiger partial charge in [-0.05, 0) is 38.0 Å². The van der Waals surface area contributed by atoms with Gasteiger partial charge >= 0.3 is 6.03 Å². The van der Waals surface area contributed by atoms with Crippen LogP contribution in [0.2, 0.25) is 0 Å². The molecule has 0 aliphatic rings. The van der Waals surface area contributed by atoms with Crippen molar-refractivity contribution in [1.29, 1.82) is 0 Å². The molecule has 0 saturated carbocycles. The fourth-order valence-electron chi connectivity index (χ4n) is 1.59. The van der Waals surface area contributed by atoms with Crippen LogP contribution in [0, 0.1) is 6.92 Å². The van der Waals surface area contributed by atoms with Crippen LogP contribution in [0.4, 0.5) is 10.5 Å². The Labute approximate surface area is 114 Å². The van der Waals surface area contributed by atoms with E-state index in [2.05, 4.69) is 10.6 Å². The lowest BCUT2D eigenvalue weighted by Gasteiger charge is -2.11. The van der Waals surface area contributed by atoms with Gasteiger partial charge in [-0.3, -0.25) is 0 Å². The first-order chi connectivity index (χ1) is 9.17. The van der Waals surface area contributed by atoms with Crippen LogP contribution in [0.15, 0.2) is 18.2 Å². The van der Waals surface area contributed by atoms with Crippen molar-refractivity contribution in [3.63, 3.8) is 0 Å². The highest BCUT2D eigenvalue weighted by Gasteiger charge is 2.06. The van der Waals surface area contributed by atoms with Crippen LogP contribution in [-0.2, 0) is 4.74 Å². The lowest BCUT2D eigenvalue weighted by atomic mass is 10.2. The van der Waals surface area contributed by atoms with Gasteiger partial charge in [-0.15, -0.1) is 0 Å². The van der Waals surface area contributed by atoms with E-state index in [-0.39, 0.29) is 6.03 Å². The number of hydrogen-bond acceptors (Lipinski definition) is 3. The summed E-state index contributed by atoms with van der Waals surface area (Å²) >= 11 is 0. The fourth-order valence-corrected chi connectivity index (χ4v) is 1.59. The summed E-state index contributed by atoms with van der Waals surface area (Å²) in [5.74, 6) is 0.657. The summed E-state index contributed by atoms with van der Waals surface area (Å²) < 4.78 is 10.4. The highest BCUT2D eigenvalue weighted by Crippen LogP contribution is 2.24. The number of hydrogen-bond donors (Lipinski definition) is 2. The fraction of sp³-hybridized carbons (Fsp3) is 0.500. The van der Waals surface area contributed by atoms with Gasteiger partial charge in [0.1, 0.15) is 5.75 Å². The van der Waals surface area contributed by atoms with Crippen LogP contribution in [0.25, 0.3) is 0 Å². The van der Waals surface area contributed by atoms with E-state index in [1.807, 2.05) is 32.0 Å². The predicted molar refractivity (Wildman–Crippen MR) is 75.9 cm³/mol. The maximum Gasteiger partial charge on any atom is 0.319 e. The molecule has 0 spiro atoms. The number of methoxy groups -OCH3 is 1. The minimum atomic E-state index is -0.237. The number of rotatable bonds is 7. The Bertz CT molecular complexity index is 408. The summed E-state index contributed by atoms with van der Waals surface area (Å²) in [7, 11) is 1.58. The second kappa shape index (κ2) is 8.37. The third-order valence-corrected chi connectivity index (χ3v) is 2.56. The van der Waals surface area contributed by atoms with Gasteiger partial charge in [0, 0.05) is 19.8 Å². The van der Waals surface area contributed by atoms with E-state index in [1.165, 1.54) is 0 Å². The third kappa shape index (κ3) is 5.61. The van der Waals surface area contributed by atoms with Crippen LogP contribution >= 0.6 is 0 Å². The molecule has 0 heterocycles. The summed E-state index contributed by atoms with van der Waals surface area (Å²) in [5.41, 5.74) is 1.75. The monoisotopic (exact) mass is 266 g/mol. The Hall–Kier alpha value is -1.75. The lowest BCUT2D eigenvalue weighted by Crippen LogP contribution is -2.30. The number of ether oxygens (including phenoxy) is 2. The molecule has 106 valence electrons. The summed E-state index contributed by atoms with van der Waals surface area (Å²) in [6.45, 7) is 5.86. The second-order valence-electron chi connectivity index (χ2n) is 4.14. The zero-order valence-corrected chi connectivity index (χ0v) is 11.8. The van der Waals surface area contributed by atoms with Crippen LogP contribution < -0.4 is 15.4 Å². The normalized spacial score (nSPS) is 10.1. The highest BCUT2D eigenvalue weighted by atomic mass is 16.5. The number of urea groups is 1. The topological polar surface area (TPSA) is 59.6 Å². The molecule has 5 heteroatoms. The van der Waals surface area contributed by atoms with Gasteiger partial charge in [-0.1, -0.05) is 6.07 Å². The van der Waals surface area contributed by atoms with Gasteiger partial charge in [0.2, 0.25) is 0 Å². The predicted octanol–water partition coefficient (Wildman–Crippen LogP) is 2.55. The first kappa shape index (κ1) is 15.3. The maximum absolute atomic E-state index is 11.7. The molecule has 0 unspecified atom stereocenters. The molecule has 2 amide bonds. The largest absolute Gasteiger partial charge is 0.495 e. The first-order valence-electron chi connectivity index (χ1n) is 6.44. The van der Waals surface area contributed by atoms with E-state index >= 15 is 0 Å². The van der Waals surface area contributed by atoms with Gasteiger partial charge in [-0.2, -0.15) is 0 Å². The quantitative estimate of drug-likeness (QED) is 0.746. The summed E-state index contributed by atoms with van der Waals surface area (Å²) in [4.78, 5) is 11.7. The van der Waals surface area contributed by atoms with Gasteiger partial charge in [0.05, 0.1) is 12.8 Å². The molecule has 2 N–H and O–H groups in total. The Balaban J connectivity index is 2.39. The molecule has 0 aliphatic heterocycles. The average molecular weight is 266 g/mol. The van der Waals surface area contributed by atoms with Crippen LogP contribution in [0.1, 0.15) is 18.9 Å². The standard InChI is InChI=1S/C14H22N2O3/c1-4-19-9-5-8-15-14(17)16-12-7-6-11(2)10-13(12)18-3/h6-7,10H,4-5,8-9H2,1-3H3,(H2,15,16,17). The van der Waals surface area contributed by atoms with Crippen molar-refractivity contribution >= 4 is 11.7 Å². The molecule has 1 aromatic carbocycles. The number of aryl methyl sites for hydroxylation is 1. The SMILES string of the molecule is CCOCCCNC(=O)Nc1ccc(C)cc1OC. The first-order valence-corrected chi connectivity index (χ1v) is 6.44. The second-order valence-corrected chi connectivity index (χ2v) is 4.14. The molecule has 0 radical (unpaired) electrons. The number of carbonyl (C=O) groups is 1. The van der Waals surface area contributed by atoms with E-state index < -0.39 is 0 Å². The summed E-state index contributed by atoms with van der Waals surface area (Å²) in [5, 5.41) is 5.53. The number of carbonyl (C=O) groups excluding carboxylic acids is 1. The van der Waals surface area contributed by atoms with Crippen molar-refractivity contribution < 1.29 is 14.3 Å². The van der Waals surface area contributed by atoms with Crippen molar-refractivity contribution in [1.82, 2.24) is 5.32 Å². The molecule has 0 atom stereocenters. The molecule has 0 bridgehead atoms. The molecule has 0 saturated heterocycles. The van der Waals surface area contributed by atoms with Gasteiger partial charge in [-0.25, -0.2) is 4.79 Å². The van der Waals surface area contributed by atoms with Crippen molar-refractivity contribution in [2.45, 2.75) is 20.3 Å². The third-order valence-electron chi connectivity index (χ3n) is 2.56. The van der Waals surface area contributed by atoms with Gasteiger partial charge in [0.15, 0.2) is 0 Å². The molecule has 1 rings (SSSR count). The summed E-state index contributed by atoms with van der Waals surface area (Å²) in [6.07, 6.45) is 0.798. The molecular formula is C14H22N2O3. The smallest absolute Gasteiger partial charge is 0.319 e. The van der Waals surface area contributed by atoms with E-state index in [0.29, 0.717) is 31.2 Å². The highest BCUT2D eigenvalue weighted by molar-refractivity contribution is 5.90. The molecule has 1 aromatic rings. The molecule has 0 aliphatic carbocycles.